The van der Waals surface area contributed by atoms with Crippen LogP contribution in [0.4, 0.5) is 32.0 Å². The molecule has 4 rings (SSSR count). The van der Waals surface area contributed by atoms with Gasteiger partial charge in [-0.3, -0.25) is 9.69 Å². The standard InChI is InChI=1S/C28H34ClF6N3OS/c29-24-9-6-22(18-25(24)40-28(33,34)35)36-21-12-16-38(17-13-21)26(39)3-1-2-19-10-14-37(15-11-19)23-7-4-20(5-8-23)27(30,31)32/h4-7,9,18-19,21,23,36H,1-3,8,10-17H2. The lowest BCUT2D eigenvalue weighted by atomic mass is 9.89. The second-order valence-corrected chi connectivity index (χ2v) is 12.2. The zero-order chi connectivity index (χ0) is 28.9. The molecule has 3 aliphatic rings. The van der Waals surface area contributed by atoms with Gasteiger partial charge < -0.3 is 10.2 Å². The van der Waals surface area contributed by atoms with E-state index in [1.165, 1.54) is 24.3 Å². The number of allylic oxidation sites excluding steroid dienone is 2. The lowest BCUT2D eigenvalue weighted by Crippen LogP contribution is -2.42. The van der Waals surface area contributed by atoms with Gasteiger partial charge in [0.2, 0.25) is 5.91 Å². The molecule has 4 nitrogen and oxygen atoms in total. The van der Waals surface area contributed by atoms with E-state index in [0.717, 1.165) is 38.8 Å². The van der Waals surface area contributed by atoms with Crippen LogP contribution in [0.1, 0.15) is 51.4 Å². The first-order chi connectivity index (χ1) is 18.9. The fourth-order valence-electron chi connectivity index (χ4n) is 5.67. The smallest absolute Gasteiger partial charge is 0.382 e. The normalized spacial score (nSPS) is 21.9. The highest BCUT2D eigenvalue weighted by molar-refractivity contribution is 8.00. The number of piperidine rings is 2. The molecule has 1 unspecified atom stereocenters. The Hall–Kier alpha value is -1.85. The van der Waals surface area contributed by atoms with Crippen molar-refractivity contribution < 1.29 is 31.1 Å². The molecule has 0 saturated carbocycles. The highest BCUT2D eigenvalue weighted by Crippen LogP contribution is 2.41. The molecule has 1 aliphatic carbocycles. The van der Waals surface area contributed by atoms with Gasteiger partial charge in [-0.2, -0.15) is 26.3 Å². The number of hydrogen-bond donors (Lipinski definition) is 1. The summed E-state index contributed by atoms with van der Waals surface area (Å²) < 4.78 is 76.8. The predicted molar refractivity (Wildman–Crippen MR) is 146 cm³/mol. The highest BCUT2D eigenvalue weighted by atomic mass is 35.5. The van der Waals surface area contributed by atoms with Gasteiger partial charge in [0.25, 0.3) is 0 Å². The fourth-order valence-corrected chi connectivity index (χ4v) is 6.50. The quantitative estimate of drug-likeness (QED) is 0.239. The summed E-state index contributed by atoms with van der Waals surface area (Å²) in [6.45, 7) is 2.92. The van der Waals surface area contributed by atoms with Crippen molar-refractivity contribution in [3.8, 4) is 0 Å². The van der Waals surface area contributed by atoms with Crippen LogP contribution in [0.5, 0.6) is 0 Å². The third-order valence-corrected chi connectivity index (χ3v) is 9.13. The van der Waals surface area contributed by atoms with Crippen LogP contribution in [0.3, 0.4) is 0 Å². The van der Waals surface area contributed by atoms with Gasteiger partial charge in [-0.25, -0.2) is 0 Å². The summed E-state index contributed by atoms with van der Waals surface area (Å²) in [6, 6.07) is 4.62. The summed E-state index contributed by atoms with van der Waals surface area (Å²) in [7, 11) is 0. The Kier molecular flexibility index (Phi) is 10.4. The molecule has 40 heavy (non-hydrogen) atoms. The van der Waals surface area contributed by atoms with Gasteiger partial charge in [-0.15, -0.1) is 0 Å². The Balaban J connectivity index is 1.12. The number of nitrogens with zero attached hydrogens (tertiary/aromatic N) is 2. The van der Waals surface area contributed by atoms with E-state index in [4.69, 9.17) is 11.6 Å². The number of carbonyl (C=O) groups excluding carboxylic acids is 1. The molecule has 0 aromatic heterocycles. The molecule has 222 valence electrons. The first kappa shape index (κ1) is 31.1. The zero-order valence-corrected chi connectivity index (χ0v) is 23.6. The maximum absolute atomic E-state index is 12.8. The van der Waals surface area contributed by atoms with E-state index in [1.54, 1.807) is 12.1 Å². The van der Waals surface area contributed by atoms with Crippen LogP contribution in [0.2, 0.25) is 5.02 Å². The van der Waals surface area contributed by atoms with E-state index in [2.05, 4.69) is 10.2 Å². The Morgan fingerprint density at radius 2 is 1.73 bits per heavy atom. The number of benzene rings is 1. The maximum atomic E-state index is 12.8. The third kappa shape index (κ3) is 9.08. The summed E-state index contributed by atoms with van der Waals surface area (Å²) >= 11 is 5.68. The lowest BCUT2D eigenvalue weighted by Gasteiger charge is -2.37. The van der Waals surface area contributed by atoms with Crippen molar-refractivity contribution in [2.75, 3.05) is 31.5 Å². The lowest BCUT2D eigenvalue weighted by molar-refractivity contribution is -0.132. The van der Waals surface area contributed by atoms with Crippen LogP contribution >= 0.6 is 23.4 Å². The number of hydrogen-bond acceptors (Lipinski definition) is 4. The van der Waals surface area contributed by atoms with Crippen molar-refractivity contribution in [3.05, 3.63) is 47.0 Å². The van der Waals surface area contributed by atoms with Crippen molar-refractivity contribution >= 4 is 35.0 Å². The summed E-state index contributed by atoms with van der Waals surface area (Å²) in [6.07, 6.45) is 5.90. The second-order valence-electron chi connectivity index (χ2n) is 10.7. The predicted octanol–water partition coefficient (Wildman–Crippen LogP) is 8.05. The molecule has 2 heterocycles. The molecule has 0 bridgehead atoms. The minimum absolute atomic E-state index is 0.0200. The molecule has 0 radical (unpaired) electrons. The minimum Gasteiger partial charge on any atom is -0.382 e. The Morgan fingerprint density at radius 1 is 1.02 bits per heavy atom. The highest BCUT2D eigenvalue weighted by Gasteiger charge is 2.34. The van der Waals surface area contributed by atoms with E-state index in [1.807, 2.05) is 4.90 Å². The SMILES string of the molecule is O=C(CCCC1CCN(C2C=CC(C(F)(F)F)=CC2)CC1)N1CCC(Nc2ccc(Cl)c(SC(F)(F)F)c2)CC1. The van der Waals surface area contributed by atoms with Crippen LogP contribution in [0.25, 0.3) is 0 Å². The topological polar surface area (TPSA) is 35.6 Å². The van der Waals surface area contributed by atoms with Gasteiger partial charge >= 0.3 is 11.7 Å². The summed E-state index contributed by atoms with van der Waals surface area (Å²) in [5.74, 6) is 0.651. The van der Waals surface area contributed by atoms with Crippen LogP contribution in [0, 0.1) is 5.92 Å². The van der Waals surface area contributed by atoms with Gasteiger partial charge in [0.1, 0.15) is 0 Å². The fraction of sp³-hybridized carbons (Fsp3) is 0.607. The van der Waals surface area contributed by atoms with Gasteiger partial charge in [0.05, 0.1) is 10.6 Å². The van der Waals surface area contributed by atoms with E-state index in [0.29, 0.717) is 50.4 Å². The number of anilines is 1. The number of nitrogens with one attached hydrogen (secondary N) is 1. The van der Waals surface area contributed by atoms with Crippen LogP contribution in [0.15, 0.2) is 46.9 Å². The maximum Gasteiger partial charge on any atom is 0.446 e. The minimum atomic E-state index is -4.41. The number of amides is 1. The third-order valence-electron chi connectivity index (χ3n) is 7.90. The first-order valence-electron chi connectivity index (χ1n) is 13.7. The molecule has 2 saturated heterocycles. The van der Waals surface area contributed by atoms with Crippen molar-refractivity contribution in [1.82, 2.24) is 9.80 Å². The number of alkyl halides is 6. The molecule has 1 amide bonds. The summed E-state index contributed by atoms with van der Waals surface area (Å²) in [5, 5.41) is 3.33. The molecule has 12 heteroatoms. The second kappa shape index (κ2) is 13.4. The molecular weight excluding hydrogens is 576 g/mol. The molecule has 0 spiro atoms. The molecule has 1 N–H and O–H groups in total. The Labute approximate surface area is 240 Å². The number of rotatable bonds is 8. The molecular formula is C28H34ClF6N3OS. The largest absolute Gasteiger partial charge is 0.446 e. The van der Waals surface area contributed by atoms with E-state index in [9.17, 15) is 31.1 Å². The Bertz CT molecular complexity index is 1080. The molecule has 1 aromatic rings. The monoisotopic (exact) mass is 609 g/mol. The Morgan fingerprint density at radius 3 is 2.33 bits per heavy atom. The van der Waals surface area contributed by atoms with Crippen molar-refractivity contribution in [2.45, 2.75) is 80.0 Å². The number of thioether (sulfide) groups is 1. The van der Waals surface area contributed by atoms with Gasteiger partial charge in [-0.05, 0) is 93.9 Å². The molecule has 1 atom stereocenters. The van der Waals surface area contributed by atoms with Crippen LogP contribution in [-0.4, -0.2) is 65.7 Å². The van der Waals surface area contributed by atoms with E-state index >= 15 is 0 Å². The van der Waals surface area contributed by atoms with Crippen molar-refractivity contribution in [2.24, 2.45) is 5.92 Å². The average molecular weight is 610 g/mol. The number of likely N-dealkylation sites (tertiary alicyclic amines) is 2. The van der Waals surface area contributed by atoms with Crippen molar-refractivity contribution in [3.63, 3.8) is 0 Å². The van der Waals surface area contributed by atoms with Crippen LogP contribution in [-0.2, 0) is 4.79 Å². The summed E-state index contributed by atoms with van der Waals surface area (Å²) in [5.41, 5.74) is -4.40. The molecule has 1 aromatic carbocycles. The number of carbonyl (C=O) groups is 1. The van der Waals surface area contributed by atoms with Crippen molar-refractivity contribution in [1.29, 1.82) is 0 Å². The zero-order valence-electron chi connectivity index (χ0n) is 22.0. The molecule has 2 fully saturated rings. The number of halogens is 7. The van der Waals surface area contributed by atoms with E-state index < -0.39 is 17.3 Å². The van der Waals surface area contributed by atoms with E-state index in [-0.39, 0.29) is 39.7 Å². The van der Waals surface area contributed by atoms with Gasteiger partial charge in [-0.1, -0.05) is 29.8 Å². The summed E-state index contributed by atoms with van der Waals surface area (Å²) in [4.78, 5) is 16.8. The average Bonchev–Trinajstić information content (AvgIpc) is 2.90. The van der Waals surface area contributed by atoms with Gasteiger partial charge in [0.15, 0.2) is 0 Å². The first-order valence-corrected chi connectivity index (χ1v) is 14.9. The van der Waals surface area contributed by atoms with Gasteiger partial charge in [0, 0.05) is 42.2 Å². The van der Waals surface area contributed by atoms with Crippen LogP contribution < -0.4 is 5.32 Å². The molecule has 2 aliphatic heterocycles.